The Bertz CT molecular complexity index is 3380. The fourth-order valence-electron chi connectivity index (χ4n) is 9.01. The molecule has 0 amide bonds. The van der Waals surface area contributed by atoms with Crippen molar-refractivity contribution < 1.29 is 0 Å². The van der Waals surface area contributed by atoms with Crippen molar-refractivity contribution in [3.63, 3.8) is 0 Å². The molecule has 254 valence electrons. The SMILES string of the molecule is CC1(C)c2cc(-c3cccc(-c4nc(-c5cccc6c5sc5ccccc56)c5ccccc5n4)c3)ccc2-n2c3sc4ccccc4c3c3cccc1c32. The minimum atomic E-state index is -0.182. The van der Waals surface area contributed by atoms with Gasteiger partial charge in [-0.05, 0) is 58.7 Å². The Hall–Kier alpha value is -6.14. The highest BCUT2D eigenvalue weighted by Crippen LogP contribution is 2.51. The molecule has 5 heterocycles. The van der Waals surface area contributed by atoms with Crippen LogP contribution in [-0.4, -0.2) is 14.5 Å². The molecule has 0 fully saturated rings. The van der Waals surface area contributed by atoms with Gasteiger partial charge in [-0.25, -0.2) is 9.97 Å². The minimum absolute atomic E-state index is 0.182. The van der Waals surface area contributed by atoms with Crippen LogP contribution in [0.5, 0.6) is 0 Å². The van der Waals surface area contributed by atoms with Gasteiger partial charge in [-0.2, -0.15) is 0 Å². The molecule has 1 aliphatic heterocycles. The van der Waals surface area contributed by atoms with Crippen LogP contribution in [0.25, 0.3) is 102 Å². The highest BCUT2D eigenvalue weighted by Gasteiger charge is 2.36. The number of para-hydroxylation sites is 2. The first kappa shape index (κ1) is 30.3. The lowest BCUT2D eigenvalue weighted by Crippen LogP contribution is -2.26. The number of thiophene rings is 2. The van der Waals surface area contributed by atoms with Gasteiger partial charge in [-0.15, -0.1) is 22.7 Å². The van der Waals surface area contributed by atoms with E-state index in [4.69, 9.17) is 9.97 Å². The number of benzene rings is 7. The van der Waals surface area contributed by atoms with Crippen LogP contribution in [0.2, 0.25) is 0 Å². The van der Waals surface area contributed by atoms with Crippen LogP contribution in [0.4, 0.5) is 0 Å². The number of fused-ring (bicyclic) bond motifs is 11. The second-order valence-electron chi connectivity index (χ2n) is 14.9. The maximum Gasteiger partial charge on any atom is 0.160 e. The van der Waals surface area contributed by atoms with Crippen molar-refractivity contribution in [2.24, 2.45) is 0 Å². The summed E-state index contributed by atoms with van der Waals surface area (Å²) in [6, 6.07) is 55.2. The van der Waals surface area contributed by atoms with Crippen molar-refractivity contribution in [2.75, 3.05) is 0 Å². The van der Waals surface area contributed by atoms with Gasteiger partial charge in [0.15, 0.2) is 5.82 Å². The molecule has 12 rings (SSSR count). The molecule has 7 aromatic carbocycles. The molecule has 0 atom stereocenters. The van der Waals surface area contributed by atoms with Crippen molar-refractivity contribution in [3.8, 4) is 39.5 Å². The maximum absolute atomic E-state index is 5.37. The number of rotatable bonds is 3. The molecular weight excluding hydrogens is 695 g/mol. The van der Waals surface area contributed by atoms with Crippen LogP contribution in [0.15, 0.2) is 152 Å². The zero-order valence-corrected chi connectivity index (χ0v) is 31.2. The molecule has 4 aromatic heterocycles. The first-order chi connectivity index (χ1) is 26.5. The van der Waals surface area contributed by atoms with Gasteiger partial charge in [0.2, 0.25) is 0 Å². The predicted octanol–water partition coefficient (Wildman–Crippen LogP) is 13.9. The highest BCUT2D eigenvalue weighted by atomic mass is 32.1. The van der Waals surface area contributed by atoms with E-state index in [0.29, 0.717) is 0 Å². The van der Waals surface area contributed by atoms with Crippen molar-refractivity contribution in [1.82, 2.24) is 14.5 Å². The van der Waals surface area contributed by atoms with Crippen molar-refractivity contribution in [1.29, 1.82) is 0 Å². The summed E-state index contributed by atoms with van der Waals surface area (Å²) < 4.78 is 6.41. The monoisotopic (exact) mass is 725 g/mol. The molecule has 0 saturated carbocycles. The van der Waals surface area contributed by atoms with Crippen molar-refractivity contribution in [3.05, 3.63) is 163 Å². The van der Waals surface area contributed by atoms with E-state index in [-0.39, 0.29) is 5.41 Å². The molecular formula is C49H31N3S2. The van der Waals surface area contributed by atoms with E-state index in [9.17, 15) is 0 Å². The Morgan fingerprint density at radius 2 is 1.20 bits per heavy atom. The summed E-state index contributed by atoms with van der Waals surface area (Å²) in [5, 5.41) is 7.67. The normalized spacial score (nSPS) is 13.5. The van der Waals surface area contributed by atoms with E-state index in [2.05, 4.69) is 170 Å². The summed E-state index contributed by atoms with van der Waals surface area (Å²) in [6.45, 7) is 4.76. The number of aromatic nitrogens is 3. The van der Waals surface area contributed by atoms with Crippen molar-refractivity contribution >= 4 is 85.0 Å². The largest absolute Gasteiger partial charge is 0.300 e. The fraction of sp³-hybridized carbons (Fsp3) is 0.0612. The molecule has 0 radical (unpaired) electrons. The molecule has 54 heavy (non-hydrogen) atoms. The first-order valence-electron chi connectivity index (χ1n) is 18.4. The van der Waals surface area contributed by atoms with Gasteiger partial charge in [0, 0.05) is 63.0 Å². The first-order valence-corrected chi connectivity index (χ1v) is 20.0. The van der Waals surface area contributed by atoms with Gasteiger partial charge in [0.25, 0.3) is 0 Å². The van der Waals surface area contributed by atoms with Crippen LogP contribution in [-0.2, 0) is 5.41 Å². The van der Waals surface area contributed by atoms with Crippen LogP contribution in [0.3, 0.4) is 0 Å². The smallest absolute Gasteiger partial charge is 0.160 e. The fourth-order valence-corrected chi connectivity index (χ4v) is 11.5. The Kier molecular flexibility index (Phi) is 6.15. The maximum atomic E-state index is 5.37. The molecule has 0 unspecified atom stereocenters. The second kappa shape index (κ2) is 11.0. The minimum Gasteiger partial charge on any atom is -0.300 e. The second-order valence-corrected chi connectivity index (χ2v) is 17.0. The molecule has 0 N–H and O–H groups in total. The standard InChI is InChI=1S/C49H31N3S2/c1-49(2)37-20-11-18-35-43-34-16-5-8-23-42(34)54-48(43)52(45(35)37)40-25-24-29(27-38(40)49)28-12-9-13-30(26-28)47-50-39-21-6-3-15-33(39)44(51-47)36-19-10-17-32-31-14-4-7-22-41(31)53-46(32)36/h3-27H,1-2H3. The molecule has 0 saturated heterocycles. The molecule has 1 aliphatic rings. The third kappa shape index (κ3) is 4.11. The van der Waals surface area contributed by atoms with E-state index < -0.39 is 0 Å². The molecule has 3 nitrogen and oxygen atoms in total. The third-order valence-corrected chi connectivity index (χ3v) is 14.0. The Labute approximate surface area is 319 Å². The third-order valence-electron chi connectivity index (χ3n) is 11.6. The van der Waals surface area contributed by atoms with E-state index in [1.165, 1.54) is 73.8 Å². The molecule has 0 spiro atoms. The lowest BCUT2D eigenvalue weighted by Gasteiger charge is -2.35. The summed E-state index contributed by atoms with van der Waals surface area (Å²) in [7, 11) is 0. The summed E-state index contributed by atoms with van der Waals surface area (Å²) in [4.78, 5) is 11.9. The van der Waals surface area contributed by atoms with Gasteiger partial charge in [0.1, 0.15) is 4.83 Å². The van der Waals surface area contributed by atoms with Crippen LogP contribution in [0.1, 0.15) is 25.0 Å². The average molecular weight is 726 g/mol. The van der Waals surface area contributed by atoms with E-state index in [1.54, 1.807) is 0 Å². The van der Waals surface area contributed by atoms with Gasteiger partial charge in [-0.1, -0.05) is 129 Å². The molecule has 5 heteroatoms. The number of hydrogen-bond acceptors (Lipinski definition) is 4. The van der Waals surface area contributed by atoms with Crippen LogP contribution >= 0.6 is 22.7 Å². The summed E-state index contributed by atoms with van der Waals surface area (Å²) in [5.74, 6) is 0.734. The summed E-state index contributed by atoms with van der Waals surface area (Å²) >= 11 is 3.74. The van der Waals surface area contributed by atoms with Crippen LogP contribution in [0, 0.1) is 0 Å². The van der Waals surface area contributed by atoms with E-state index >= 15 is 0 Å². The Balaban J connectivity index is 1.02. The molecule has 0 aliphatic carbocycles. The van der Waals surface area contributed by atoms with E-state index in [1.807, 2.05) is 22.7 Å². The van der Waals surface area contributed by atoms with E-state index in [0.717, 1.165) is 39.1 Å². The van der Waals surface area contributed by atoms with Gasteiger partial charge in [-0.3, -0.25) is 0 Å². The van der Waals surface area contributed by atoms with Gasteiger partial charge < -0.3 is 4.57 Å². The Morgan fingerprint density at radius 3 is 2.09 bits per heavy atom. The average Bonchev–Trinajstić information content (AvgIpc) is 3.89. The summed E-state index contributed by atoms with van der Waals surface area (Å²) in [6.07, 6.45) is 0. The zero-order chi connectivity index (χ0) is 35.7. The van der Waals surface area contributed by atoms with Gasteiger partial charge >= 0.3 is 0 Å². The zero-order valence-electron chi connectivity index (χ0n) is 29.6. The lowest BCUT2D eigenvalue weighted by molar-refractivity contribution is 0.630. The van der Waals surface area contributed by atoms with Crippen molar-refractivity contribution in [2.45, 2.75) is 19.3 Å². The van der Waals surface area contributed by atoms with Gasteiger partial charge in [0.05, 0.1) is 22.4 Å². The molecule has 0 bridgehead atoms. The Morgan fingerprint density at radius 1 is 0.519 bits per heavy atom. The molecule has 11 aromatic rings. The van der Waals surface area contributed by atoms with Crippen LogP contribution < -0.4 is 0 Å². The summed E-state index contributed by atoms with van der Waals surface area (Å²) in [5.41, 5.74) is 11.5. The number of nitrogens with zero attached hydrogens (tertiary/aromatic N) is 3. The quantitative estimate of drug-likeness (QED) is 0.182. The number of hydrogen-bond donors (Lipinski definition) is 0. The lowest BCUT2D eigenvalue weighted by atomic mass is 9.74. The predicted molar refractivity (Wildman–Crippen MR) is 231 cm³/mol. The highest BCUT2D eigenvalue weighted by molar-refractivity contribution is 7.26. The topological polar surface area (TPSA) is 30.7 Å².